The first kappa shape index (κ1) is 15.5. The molecular weight excluding hydrogens is 261 g/mol. The zero-order valence-corrected chi connectivity index (χ0v) is 10.3. The van der Waals surface area contributed by atoms with Gasteiger partial charge in [0, 0.05) is 12.5 Å². The maximum absolute atomic E-state index is 13.1. The van der Waals surface area contributed by atoms with Crippen LogP contribution in [0.2, 0.25) is 0 Å². The van der Waals surface area contributed by atoms with Gasteiger partial charge in [0.2, 0.25) is 5.91 Å². The van der Waals surface area contributed by atoms with Crippen molar-refractivity contribution in [2.45, 2.75) is 25.4 Å². The molecule has 1 aromatic rings. The number of rotatable bonds is 6. The average Bonchev–Trinajstić information content (AvgIpc) is 2.31. The van der Waals surface area contributed by atoms with E-state index in [1.165, 1.54) is 0 Å². The first-order chi connectivity index (χ1) is 8.85. The second-order valence-electron chi connectivity index (χ2n) is 4.27. The maximum atomic E-state index is 13.1. The van der Waals surface area contributed by atoms with Gasteiger partial charge in [-0.25, -0.2) is 13.2 Å². The van der Waals surface area contributed by atoms with Crippen LogP contribution in [0.3, 0.4) is 0 Å². The van der Waals surface area contributed by atoms with Crippen molar-refractivity contribution in [3.63, 3.8) is 0 Å². The highest BCUT2D eigenvalue weighted by Gasteiger charge is 2.19. The number of hydrogen-bond acceptors (Lipinski definition) is 3. The number of nitrogens with one attached hydrogen (secondary N) is 1. The van der Waals surface area contributed by atoms with Crippen LogP contribution in [0.25, 0.3) is 0 Å². The maximum Gasteiger partial charge on any atom is 0.218 e. The average molecular weight is 276 g/mol. The smallest absolute Gasteiger partial charge is 0.218 e. The molecule has 19 heavy (non-hydrogen) atoms. The third kappa shape index (κ3) is 4.22. The summed E-state index contributed by atoms with van der Waals surface area (Å²) in [6, 6.07) is 0.372. The highest BCUT2D eigenvalue weighted by Crippen LogP contribution is 2.19. The zero-order chi connectivity index (χ0) is 14.6. The second-order valence-corrected chi connectivity index (χ2v) is 4.27. The quantitative estimate of drug-likeness (QED) is 0.678. The summed E-state index contributed by atoms with van der Waals surface area (Å²) in [6.45, 7) is 1.16. The highest BCUT2D eigenvalue weighted by atomic mass is 19.2. The fraction of sp³-hybridized carbons (Fsp3) is 0.417. The fourth-order valence-corrected chi connectivity index (χ4v) is 1.73. The van der Waals surface area contributed by atoms with Crippen molar-refractivity contribution in [1.29, 1.82) is 0 Å². The molecule has 4 N–H and O–H groups in total. The molecule has 0 spiro atoms. The van der Waals surface area contributed by atoms with Crippen LogP contribution in [0.15, 0.2) is 12.1 Å². The summed E-state index contributed by atoms with van der Waals surface area (Å²) >= 11 is 0. The Balaban J connectivity index is 2.88. The molecule has 2 unspecified atom stereocenters. The molecule has 1 rings (SSSR count). The SMILES string of the molecule is CC(CC(N)=O)NC(CO)c1cc(F)c(F)c(F)c1. The van der Waals surface area contributed by atoms with E-state index in [0.717, 1.165) is 12.1 Å². The molecule has 0 heterocycles. The molecule has 7 heteroatoms. The topological polar surface area (TPSA) is 75.4 Å². The first-order valence-electron chi connectivity index (χ1n) is 5.64. The molecule has 0 radical (unpaired) electrons. The standard InChI is InChI=1S/C12H15F3N2O2/c1-6(2-11(16)19)17-10(5-18)7-3-8(13)12(15)9(14)4-7/h3-4,6,10,17-18H,2,5H2,1H3,(H2,16,19). The van der Waals surface area contributed by atoms with Crippen molar-refractivity contribution < 1.29 is 23.1 Å². The lowest BCUT2D eigenvalue weighted by Gasteiger charge is -2.21. The molecule has 0 aliphatic heterocycles. The lowest BCUT2D eigenvalue weighted by molar-refractivity contribution is -0.118. The number of hydrogen-bond donors (Lipinski definition) is 3. The Morgan fingerprint density at radius 1 is 1.37 bits per heavy atom. The largest absolute Gasteiger partial charge is 0.394 e. The zero-order valence-electron chi connectivity index (χ0n) is 10.3. The van der Waals surface area contributed by atoms with Gasteiger partial charge in [-0.05, 0) is 24.6 Å². The third-order valence-corrected chi connectivity index (χ3v) is 2.58. The van der Waals surface area contributed by atoms with Gasteiger partial charge in [0.05, 0.1) is 12.6 Å². The Hall–Kier alpha value is -1.60. The van der Waals surface area contributed by atoms with E-state index in [2.05, 4.69) is 5.32 Å². The molecule has 0 aromatic heterocycles. The summed E-state index contributed by atoms with van der Waals surface area (Å²) in [4.78, 5) is 10.7. The molecule has 1 aromatic carbocycles. The Morgan fingerprint density at radius 3 is 2.32 bits per heavy atom. The van der Waals surface area contributed by atoms with Crippen LogP contribution < -0.4 is 11.1 Å². The number of aliphatic hydroxyl groups excluding tert-OH is 1. The molecule has 0 aliphatic rings. The van der Waals surface area contributed by atoms with Gasteiger partial charge in [0.1, 0.15) is 0 Å². The van der Waals surface area contributed by atoms with Crippen LogP contribution in [0.5, 0.6) is 0 Å². The minimum atomic E-state index is -1.56. The lowest BCUT2D eigenvalue weighted by Crippen LogP contribution is -2.35. The number of carbonyl (C=O) groups is 1. The molecule has 1 amide bonds. The molecule has 0 saturated heterocycles. The minimum absolute atomic E-state index is 0.00264. The number of benzene rings is 1. The van der Waals surface area contributed by atoms with Gasteiger partial charge in [-0.15, -0.1) is 0 Å². The normalized spacial score (nSPS) is 14.2. The van der Waals surface area contributed by atoms with Crippen LogP contribution in [0.1, 0.15) is 24.9 Å². The van der Waals surface area contributed by atoms with E-state index in [1.54, 1.807) is 6.92 Å². The highest BCUT2D eigenvalue weighted by molar-refractivity contribution is 5.74. The Bertz CT molecular complexity index is 445. The lowest BCUT2D eigenvalue weighted by atomic mass is 10.1. The van der Waals surface area contributed by atoms with Crippen LogP contribution in [0, 0.1) is 17.5 Å². The summed E-state index contributed by atoms with van der Waals surface area (Å²) in [5, 5.41) is 12.0. The van der Waals surface area contributed by atoms with Crippen LogP contribution in [-0.2, 0) is 4.79 Å². The first-order valence-corrected chi connectivity index (χ1v) is 5.64. The van der Waals surface area contributed by atoms with E-state index >= 15 is 0 Å². The Morgan fingerprint density at radius 2 is 1.89 bits per heavy atom. The fourth-order valence-electron chi connectivity index (χ4n) is 1.73. The van der Waals surface area contributed by atoms with Crippen molar-refractivity contribution in [3.05, 3.63) is 35.1 Å². The van der Waals surface area contributed by atoms with E-state index in [4.69, 9.17) is 5.73 Å². The van der Waals surface area contributed by atoms with E-state index < -0.39 is 42.0 Å². The minimum Gasteiger partial charge on any atom is -0.394 e. The predicted octanol–water partition coefficient (Wildman–Crippen LogP) is 0.991. The monoisotopic (exact) mass is 276 g/mol. The van der Waals surface area contributed by atoms with Gasteiger partial charge in [-0.3, -0.25) is 4.79 Å². The molecule has 0 fully saturated rings. The van der Waals surface area contributed by atoms with Crippen LogP contribution >= 0.6 is 0 Å². The summed E-state index contributed by atoms with van der Waals surface area (Å²) < 4.78 is 39.0. The van der Waals surface area contributed by atoms with Crippen molar-refractivity contribution in [3.8, 4) is 0 Å². The van der Waals surface area contributed by atoms with Gasteiger partial charge in [0.25, 0.3) is 0 Å². The van der Waals surface area contributed by atoms with Gasteiger partial charge in [-0.1, -0.05) is 0 Å². The predicted molar refractivity (Wildman–Crippen MR) is 62.6 cm³/mol. The number of primary amides is 1. The van der Waals surface area contributed by atoms with E-state index in [0.29, 0.717) is 0 Å². The molecule has 106 valence electrons. The van der Waals surface area contributed by atoms with Gasteiger partial charge in [0.15, 0.2) is 17.5 Å². The summed E-state index contributed by atoms with van der Waals surface area (Å²) in [6.07, 6.45) is 0.00264. The molecule has 0 aliphatic carbocycles. The second kappa shape index (κ2) is 6.53. The van der Waals surface area contributed by atoms with Gasteiger partial charge >= 0.3 is 0 Å². The van der Waals surface area contributed by atoms with Crippen molar-refractivity contribution in [2.75, 3.05) is 6.61 Å². The van der Waals surface area contributed by atoms with Gasteiger partial charge in [-0.2, -0.15) is 0 Å². The number of carbonyl (C=O) groups excluding carboxylic acids is 1. The molecule has 2 atom stereocenters. The van der Waals surface area contributed by atoms with E-state index in [1.807, 2.05) is 0 Å². The number of amides is 1. The van der Waals surface area contributed by atoms with Crippen molar-refractivity contribution in [1.82, 2.24) is 5.32 Å². The summed E-state index contributed by atoms with van der Waals surface area (Å²) in [5.74, 6) is -4.78. The van der Waals surface area contributed by atoms with E-state index in [-0.39, 0.29) is 12.0 Å². The van der Waals surface area contributed by atoms with Gasteiger partial charge < -0.3 is 16.2 Å². The molecule has 0 saturated carbocycles. The molecule has 0 bridgehead atoms. The third-order valence-electron chi connectivity index (χ3n) is 2.58. The molecular formula is C12H15F3N2O2. The summed E-state index contributed by atoms with van der Waals surface area (Å²) in [5.41, 5.74) is 5.06. The Labute approximate surface area is 108 Å². The summed E-state index contributed by atoms with van der Waals surface area (Å²) in [7, 11) is 0. The number of aliphatic hydroxyl groups is 1. The van der Waals surface area contributed by atoms with Crippen LogP contribution in [0.4, 0.5) is 13.2 Å². The van der Waals surface area contributed by atoms with Crippen molar-refractivity contribution in [2.24, 2.45) is 5.73 Å². The van der Waals surface area contributed by atoms with Crippen molar-refractivity contribution >= 4 is 5.91 Å². The van der Waals surface area contributed by atoms with Crippen LogP contribution in [-0.4, -0.2) is 23.7 Å². The molecule has 4 nitrogen and oxygen atoms in total. The van der Waals surface area contributed by atoms with E-state index in [9.17, 15) is 23.1 Å². The number of halogens is 3. The number of nitrogens with two attached hydrogens (primary N) is 1. The Kier molecular flexibility index (Phi) is 5.31.